The largest absolute Gasteiger partial charge is 0.368 e. The van der Waals surface area contributed by atoms with Gasteiger partial charge in [-0.05, 0) is 24.3 Å². The summed E-state index contributed by atoms with van der Waals surface area (Å²) in [7, 11) is 1.65. The van der Waals surface area contributed by atoms with Gasteiger partial charge in [-0.2, -0.15) is 14.6 Å². The van der Waals surface area contributed by atoms with E-state index in [-0.39, 0.29) is 23.6 Å². The van der Waals surface area contributed by atoms with E-state index >= 15 is 0 Å². The molecule has 5 aromatic heterocycles. The number of hydrogen-bond acceptors (Lipinski definition) is 7. The van der Waals surface area contributed by atoms with Gasteiger partial charge in [0.05, 0.1) is 17.7 Å². The van der Waals surface area contributed by atoms with Crippen LogP contribution in [0.25, 0.3) is 22.6 Å². The van der Waals surface area contributed by atoms with Gasteiger partial charge in [-0.15, -0.1) is 5.10 Å². The second-order valence-electron chi connectivity index (χ2n) is 6.86. The predicted octanol–water partition coefficient (Wildman–Crippen LogP) is 1.38. The monoisotopic (exact) mass is 417 g/mol. The van der Waals surface area contributed by atoms with Gasteiger partial charge in [0.25, 0.3) is 0 Å². The highest BCUT2D eigenvalue weighted by Gasteiger charge is 2.21. The van der Waals surface area contributed by atoms with Gasteiger partial charge in [0.15, 0.2) is 17.3 Å². The second-order valence-corrected chi connectivity index (χ2v) is 6.86. The molecule has 0 aromatic carbocycles. The molecule has 0 amide bonds. The Morgan fingerprint density at radius 3 is 2.74 bits per heavy atom. The molecule has 0 bridgehead atoms. The summed E-state index contributed by atoms with van der Waals surface area (Å²) < 4.78 is 18.5. The van der Waals surface area contributed by atoms with Gasteiger partial charge in [-0.3, -0.25) is 9.78 Å². The van der Waals surface area contributed by atoms with Crippen LogP contribution in [-0.2, 0) is 13.5 Å². The molecular weight excluding hydrogens is 401 g/mol. The summed E-state index contributed by atoms with van der Waals surface area (Å²) >= 11 is 0. The van der Waals surface area contributed by atoms with Crippen molar-refractivity contribution in [2.45, 2.75) is 6.42 Å². The minimum Gasteiger partial charge on any atom is -0.368 e. The maximum absolute atomic E-state index is 14.1. The average Bonchev–Trinajstić information content (AvgIpc) is 3.42. The van der Waals surface area contributed by atoms with Crippen LogP contribution < -0.4 is 11.3 Å². The molecule has 31 heavy (non-hydrogen) atoms. The van der Waals surface area contributed by atoms with Crippen LogP contribution in [0, 0.1) is 5.82 Å². The molecule has 0 atom stereocenters. The van der Waals surface area contributed by atoms with Gasteiger partial charge in [0.2, 0.25) is 11.5 Å². The maximum atomic E-state index is 14.1. The SMILES string of the molecule is Cn1cc(-c2c(-n3cccn3)nc(N)n3nc(Cc4ncccc4F)nc23)ccc1=O. The van der Waals surface area contributed by atoms with Crippen molar-refractivity contribution >= 4 is 11.6 Å². The van der Waals surface area contributed by atoms with Crippen LogP contribution in [0.15, 0.2) is 59.9 Å². The van der Waals surface area contributed by atoms with Crippen LogP contribution in [-0.4, -0.2) is 38.9 Å². The Morgan fingerprint density at radius 1 is 1.13 bits per heavy atom. The molecular formula is C20H16FN9O. The highest BCUT2D eigenvalue weighted by atomic mass is 19.1. The summed E-state index contributed by atoms with van der Waals surface area (Å²) in [5.74, 6) is 0.406. The molecule has 154 valence electrons. The third-order valence-corrected chi connectivity index (χ3v) is 4.79. The van der Waals surface area contributed by atoms with Crippen molar-refractivity contribution in [2.75, 3.05) is 5.73 Å². The summed E-state index contributed by atoms with van der Waals surface area (Å²) in [6.45, 7) is 0. The highest BCUT2D eigenvalue weighted by molar-refractivity contribution is 5.83. The number of pyridine rings is 2. The molecule has 0 saturated carbocycles. The first-order valence-electron chi connectivity index (χ1n) is 9.33. The molecule has 0 aliphatic rings. The molecule has 11 heteroatoms. The van der Waals surface area contributed by atoms with Crippen LogP contribution in [0.3, 0.4) is 0 Å². The van der Waals surface area contributed by atoms with E-state index in [4.69, 9.17) is 5.73 Å². The van der Waals surface area contributed by atoms with E-state index in [0.29, 0.717) is 28.4 Å². The Morgan fingerprint density at radius 2 is 2.00 bits per heavy atom. The number of aromatic nitrogens is 8. The zero-order valence-corrected chi connectivity index (χ0v) is 16.3. The van der Waals surface area contributed by atoms with Gasteiger partial charge in [-0.1, -0.05) is 0 Å². The van der Waals surface area contributed by atoms with Crippen LogP contribution in [0.1, 0.15) is 11.5 Å². The van der Waals surface area contributed by atoms with E-state index in [1.165, 1.54) is 33.5 Å². The number of nitrogens with two attached hydrogens (primary N) is 1. The minimum absolute atomic E-state index is 0.0810. The number of anilines is 1. The first kappa shape index (κ1) is 18.6. The van der Waals surface area contributed by atoms with Gasteiger partial charge in [-0.25, -0.2) is 14.1 Å². The maximum Gasteiger partial charge on any atom is 0.250 e. The van der Waals surface area contributed by atoms with Gasteiger partial charge < -0.3 is 10.3 Å². The number of nitrogens with zero attached hydrogens (tertiary/aromatic N) is 8. The minimum atomic E-state index is -0.442. The molecule has 0 unspecified atom stereocenters. The first-order valence-corrected chi connectivity index (χ1v) is 9.33. The van der Waals surface area contributed by atoms with Crippen molar-refractivity contribution in [1.82, 2.24) is 38.9 Å². The zero-order valence-electron chi connectivity index (χ0n) is 16.3. The van der Waals surface area contributed by atoms with Crippen molar-refractivity contribution in [3.05, 3.63) is 82.8 Å². The standard InChI is InChI=1S/C20H16FN9O/c1-28-11-12(5-6-16(28)31)17-18(29-9-3-8-24-29)26-20(22)30-19(17)25-15(27-30)10-14-13(21)4-2-7-23-14/h2-9,11H,10H2,1H3,(H2,22,26). The molecule has 0 spiro atoms. The van der Waals surface area contributed by atoms with Crippen molar-refractivity contribution < 1.29 is 4.39 Å². The highest BCUT2D eigenvalue weighted by Crippen LogP contribution is 2.30. The summed E-state index contributed by atoms with van der Waals surface area (Å²) in [5.41, 5.74) is 7.89. The fourth-order valence-corrected chi connectivity index (χ4v) is 3.32. The number of rotatable bonds is 4. The lowest BCUT2D eigenvalue weighted by Gasteiger charge is -2.12. The van der Waals surface area contributed by atoms with E-state index < -0.39 is 5.82 Å². The lowest BCUT2D eigenvalue weighted by molar-refractivity contribution is 0.601. The Balaban J connectivity index is 1.76. The molecule has 2 N–H and O–H groups in total. The van der Waals surface area contributed by atoms with Crippen molar-refractivity contribution in [1.29, 1.82) is 0 Å². The van der Waals surface area contributed by atoms with Crippen LogP contribution in [0.5, 0.6) is 0 Å². The fraction of sp³-hybridized carbons (Fsp3) is 0.100. The van der Waals surface area contributed by atoms with Crippen LogP contribution >= 0.6 is 0 Å². The Bertz CT molecular complexity index is 1470. The molecule has 5 heterocycles. The van der Waals surface area contributed by atoms with Gasteiger partial charge >= 0.3 is 0 Å². The summed E-state index contributed by atoms with van der Waals surface area (Å²) in [5, 5.41) is 8.67. The number of hydrogen-bond donors (Lipinski definition) is 1. The van der Waals surface area contributed by atoms with E-state index in [2.05, 4.69) is 25.1 Å². The molecule has 0 fully saturated rings. The topological polar surface area (TPSA) is 122 Å². The Labute approximate surface area is 174 Å². The van der Waals surface area contributed by atoms with Crippen molar-refractivity contribution in [3.63, 3.8) is 0 Å². The third kappa shape index (κ3) is 3.21. The average molecular weight is 417 g/mol. The summed E-state index contributed by atoms with van der Waals surface area (Å²) in [6, 6.07) is 7.74. The smallest absolute Gasteiger partial charge is 0.250 e. The van der Waals surface area contributed by atoms with Gasteiger partial charge in [0, 0.05) is 43.5 Å². The predicted molar refractivity (Wildman–Crippen MR) is 110 cm³/mol. The lowest BCUT2D eigenvalue weighted by atomic mass is 10.1. The first-order chi connectivity index (χ1) is 15.0. The molecule has 5 rings (SSSR count). The van der Waals surface area contributed by atoms with E-state index in [1.807, 2.05) is 0 Å². The summed E-state index contributed by atoms with van der Waals surface area (Å²) in [4.78, 5) is 25.0. The number of halogens is 1. The molecule has 0 radical (unpaired) electrons. The van der Waals surface area contributed by atoms with Crippen LogP contribution in [0.2, 0.25) is 0 Å². The zero-order chi connectivity index (χ0) is 21.5. The van der Waals surface area contributed by atoms with E-state index in [0.717, 1.165) is 0 Å². The normalized spacial score (nSPS) is 11.3. The molecule has 5 aromatic rings. The van der Waals surface area contributed by atoms with Crippen molar-refractivity contribution in [3.8, 4) is 16.9 Å². The Kier molecular flexibility index (Phi) is 4.28. The second kappa shape index (κ2) is 7.13. The number of aryl methyl sites for hydroxylation is 1. The van der Waals surface area contributed by atoms with Gasteiger partial charge in [0.1, 0.15) is 5.82 Å². The molecule has 0 aliphatic carbocycles. The third-order valence-electron chi connectivity index (χ3n) is 4.79. The molecule has 10 nitrogen and oxygen atoms in total. The molecule has 0 aliphatic heterocycles. The van der Waals surface area contributed by atoms with Crippen LogP contribution in [0.4, 0.5) is 10.3 Å². The van der Waals surface area contributed by atoms with E-state index in [9.17, 15) is 9.18 Å². The summed E-state index contributed by atoms with van der Waals surface area (Å²) in [6.07, 6.45) is 6.61. The Hall–Kier alpha value is -4.41. The van der Waals surface area contributed by atoms with Crippen molar-refractivity contribution in [2.24, 2.45) is 7.05 Å². The fourth-order valence-electron chi connectivity index (χ4n) is 3.32. The van der Waals surface area contributed by atoms with E-state index in [1.54, 1.807) is 42.5 Å². The number of nitrogen functional groups attached to an aromatic ring is 1. The lowest BCUT2D eigenvalue weighted by Crippen LogP contribution is -2.15. The quantitative estimate of drug-likeness (QED) is 0.469. The molecule has 0 saturated heterocycles. The number of fused-ring (bicyclic) bond motifs is 1.